The summed E-state index contributed by atoms with van der Waals surface area (Å²) in [5, 5.41) is 3.27. The third-order valence-electron chi connectivity index (χ3n) is 3.43. The van der Waals surface area contributed by atoms with E-state index in [0.29, 0.717) is 12.8 Å². The van der Waals surface area contributed by atoms with Crippen LogP contribution in [-0.2, 0) is 4.79 Å². The van der Waals surface area contributed by atoms with Crippen molar-refractivity contribution in [3.63, 3.8) is 0 Å². The lowest BCUT2D eigenvalue weighted by molar-refractivity contribution is -0.120. The second-order valence-corrected chi connectivity index (χ2v) is 6.01. The predicted octanol–water partition coefficient (Wildman–Crippen LogP) is 2.54. The van der Waals surface area contributed by atoms with Gasteiger partial charge >= 0.3 is 5.69 Å². The third-order valence-corrected chi connectivity index (χ3v) is 3.43. The number of carbonyl (C=O) groups is 1. The van der Waals surface area contributed by atoms with E-state index in [1.165, 1.54) is 0 Å². The molecule has 1 aliphatic rings. The summed E-state index contributed by atoms with van der Waals surface area (Å²) in [6.07, 6.45) is 3.13. The molecule has 3 rings (SSSR count). The van der Waals surface area contributed by atoms with Crippen molar-refractivity contribution in [2.75, 3.05) is 5.32 Å². The van der Waals surface area contributed by atoms with Crippen LogP contribution in [-0.4, -0.2) is 15.8 Å². The zero-order valence-electron chi connectivity index (χ0n) is 11.5. The van der Waals surface area contributed by atoms with Gasteiger partial charge in [0.25, 0.3) is 0 Å². The first-order chi connectivity index (χ1) is 9.41. The van der Waals surface area contributed by atoms with Crippen LogP contribution >= 0.6 is 0 Å². The van der Waals surface area contributed by atoms with Gasteiger partial charge in [-0.1, -0.05) is 19.9 Å². The van der Waals surface area contributed by atoms with Gasteiger partial charge in [0.15, 0.2) is 0 Å². The summed E-state index contributed by atoms with van der Waals surface area (Å²) in [5.41, 5.74) is 2.99. The fourth-order valence-corrected chi connectivity index (χ4v) is 2.73. The minimum absolute atomic E-state index is 0.107. The van der Waals surface area contributed by atoms with E-state index < -0.39 is 0 Å². The van der Waals surface area contributed by atoms with Crippen LogP contribution in [0.5, 0.6) is 0 Å². The van der Waals surface area contributed by atoms with E-state index in [1.54, 1.807) is 0 Å². The fourth-order valence-electron chi connectivity index (χ4n) is 2.73. The minimum Gasteiger partial charge on any atom is -0.359 e. The lowest BCUT2D eigenvalue weighted by Crippen LogP contribution is -2.23. The SMILES string of the molecule is CC1(C)C=C(Nc2ccc3[nH]c(=O)[nH]c3c2)CC(=O)C1. The first-order valence-electron chi connectivity index (χ1n) is 6.64. The number of nitrogens with one attached hydrogen (secondary N) is 3. The van der Waals surface area contributed by atoms with Crippen LogP contribution in [0.25, 0.3) is 11.0 Å². The number of H-pyrrole nitrogens is 2. The van der Waals surface area contributed by atoms with Crippen molar-refractivity contribution in [2.24, 2.45) is 5.41 Å². The second-order valence-electron chi connectivity index (χ2n) is 6.01. The monoisotopic (exact) mass is 271 g/mol. The van der Waals surface area contributed by atoms with Crippen molar-refractivity contribution in [1.82, 2.24) is 9.97 Å². The van der Waals surface area contributed by atoms with Crippen molar-refractivity contribution < 1.29 is 4.79 Å². The van der Waals surface area contributed by atoms with E-state index >= 15 is 0 Å². The number of ketones is 1. The summed E-state index contributed by atoms with van der Waals surface area (Å²) in [7, 11) is 0. The molecular formula is C15H17N3O2. The second kappa shape index (κ2) is 4.37. The van der Waals surface area contributed by atoms with Crippen LogP contribution < -0.4 is 11.0 Å². The summed E-state index contributed by atoms with van der Waals surface area (Å²) >= 11 is 0. The van der Waals surface area contributed by atoms with Crippen molar-refractivity contribution in [1.29, 1.82) is 0 Å². The molecule has 0 radical (unpaired) electrons. The zero-order valence-corrected chi connectivity index (χ0v) is 11.5. The third kappa shape index (κ3) is 2.52. The molecule has 5 nitrogen and oxygen atoms in total. The molecule has 1 heterocycles. The standard InChI is InChI=1S/C15H17N3O2/c1-15(2)7-10(5-11(19)8-15)16-9-3-4-12-13(6-9)18-14(20)17-12/h3-4,6-7,16H,5,8H2,1-2H3,(H2,17,18,20). The summed E-state index contributed by atoms with van der Waals surface area (Å²) in [6, 6.07) is 5.59. The summed E-state index contributed by atoms with van der Waals surface area (Å²) in [6.45, 7) is 4.11. The van der Waals surface area contributed by atoms with E-state index in [0.717, 1.165) is 22.4 Å². The van der Waals surface area contributed by atoms with E-state index in [4.69, 9.17) is 0 Å². The topological polar surface area (TPSA) is 77.8 Å². The number of allylic oxidation sites excluding steroid dienone is 2. The zero-order chi connectivity index (χ0) is 14.3. The molecule has 104 valence electrons. The first-order valence-corrected chi connectivity index (χ1v) is 6.64. The van der Waals surface area contributed by atoms with Gasteiger partial charge in [0.1, 0.15) is 5.78 Å². The molecule has 0 amide bonds. The van der Waals surface area contributed by atoms with Gasteiger partial charge in [-0.2, -0.15) is 0 Å². The smallest absolute Gasteiger partial charge is 0.323 e. The van der Waals surface area contributed by atoms with Crippen LogP contribution in [0.4, 0.5) is 5.69 Å². The molecule has 5 heteroatoms. The summed E-state index contributed by atoms with van der Waals surface area (Å²) in [4.78, 5) is 28.4. The highest BCUT2D eigenvalue weighted by Crippen LogP contribution is 2.31. The Morgan fingerprint density at radius 3 is 2.65 bits per heavy atom. The molecule has 2 aromatic rings. The predicted molar refractivity (Wildman–Crippen MR) is 78.6 cm³/mol. The van der Waals surface area contributed by atoms with Crippen LogP contribution in [0.3, 0.4) is 0 Å². The molecule has 0 saturated carbocycles. The van der Waals surface area contributed by atoms with Crippen LogP contribution in [0.2, 0.25) is 0 Å². The molecular weight excluding hydrogens is 254 g/mol. The number of benzene rings is 1. The Balaban J connectivity index is 1.90. The van der Waals surface area contributed by atoms with Gasteiger partial charge in [-0.15, -0.1) is 0 Å². The van der Waals surface area contributed by atoms with Crippen molar-refractivity contribution >= 4 is 22.5 Å². The number of hydrogen-bond donors (Lipinski definition) is 3. The molecule has 0 unspecified atom stereocenters. The minimum atomic E-state index is -0.217. The lowest BCUT2D eigenvalue weighted by Gasteiger charge is -2.27. The average Bonchev–Trinajstić information content (AvgIpc) is 2.65. The number of aromatic amines is 2. The number of Topliss-reactive ketones (excluding diaryl/α,β-unsaturated/α-hetero) is 1. The van der Waals surface area contributed by atoms with Gasteiger partial charge in [0, 0.05) is 24.2 Å². The summed E-state index contributed by atoms with van der Waals surface area (Å²) < 4.78 is 0. The molecule has 0 fully saturated rings. The molecule has 1 aromatic heterocycles. The molecule has 3 N–H and O–H groups in total. The molecule has 0 aliphatic heterocycles. The maximum absolute atomic E-state index is 11.8. The number of aromatic nitrogens is 2. The highest BCUT2D eigenvalue weighted by atomic mass is 16.1. The number of fused-ring (bicyclic) bond motifs is 1. The van der Waals surface area contributed by atoms with Crippen molar-refractivity contribution in [3.05, 3.63) is 40.5 Å². The normalized spacial score (nSPS) is 18.1. The number of carbonyl (C=O) groups excluding carboxylic acids is 1. The maximum Gasteiger partial charge on any atom is 0.323 e. The van der Waals surface area contributed by atoms with Crippen LogP contribution in [0.15, 0.2) is 34.8 Å². The average molecular weight is 271 g/mol. The van der Waals surface area contributed by atoms with E-state index in [-0.39, 0.29) is 16.9 Å². The van der Waals surface area contributed by atoms with Gasteiger partial charge < -0.3 is 15.3 Å². The first kappa shape index (κ1) is 12.7. The van der Waals surface area contributed by atoms with Crippen molar-refractivity contribution in [2.45, 2.75) is 26.7 Å². The fraction of sp³-hybridized carbons (Fsp3) is 0.333. The molecule has 0 bridgehead atoms. The van der Waals surface area contributed by atoms with Crippen LogP contribution in [0, 0.1) is 5.41 Å². The highest BCUT2D eigenvalue weighted by molar-refractivity contribution is 5.85. The van der Waals surface area contributed by atoms with E-state index in [2.05, 4.69) is 35.2 Å². The number of imidazole rings is 1. The number of anilines is 1. The Bertz CT molecular complexity index is 765. The Labute approximate surface area is 116 Å². The molecule has 0 spiro atoms. The van der Waals surface area contributed by atoms with Gasteiger partial charge in [0.2, 0.25) is 0 Å². The lowest BCUT2D eigenvalue weighted by atomic mass is 9.81. The van der Waals surface area contributed by atoms with E-state index in [1.807, 2.05) is 18.2 Å². The van der Waals surface area contributed by atoms with E-state index in [9.17, 15) is 9.59 Å². The Hall–Kier alpha value is -2.30. The molecule has 1 aliphatic carbocycles. The molecule has 1 aromatic carbocycles. The summed E-state index contributed by atoms with van der Waals surface area (Å²) in [5.74, 6) is 0.246. The Kier molecular flexibility index (Phi) is 2.78. The number of hydrogen-bond acceptors (Lipinski definition) is 3. The van der Waals surface area contributed by atoms with Crippen LogP contribution in [0.1, 0.15) is 26.7 Å². The molecule has 0 saturated heterocycles. The van der Waals surface area contributed by atoms with Crippen molar-refractivity contribution in [3.8, 4) is 0 Å². The Morgan fingerprint density at radius 1 is 1.15 bits per heavy atom. The molecule has 0 atom stereocenters. The largest absolute Gasteiger partial charge is 0.359 e. The van der Waals surface area contributed by atoms with Gasteiger partial charge in [-0.25, -0.2) is 4.79 Å². The van der Waals surface area contributed by atoms with Gasteiger partial charge in [-0.3, -0.25) is 4.79 Å². The Morgan fingerprint density at radius 2 is 1.90 bits per heavy atom. The number of rotatable bonds is 2. The van der Waals surface area contributed by atoms with Gasteiger partial charge in [0.05, 0.1) is 11.0 Å². The maximum atomic E-state index is 11.8. The molecule has 20 heavy (non-hydrogen) atoms. The quantitative estimate of drug-likeness (QED) is 0.785. The van der Waals surface area contributed by atoms with Gasteiger partial charge in [-0.05, 0) is 23.6 Å². The highest BCUT2D eigenvalue weighted by Gasteiger charge is 2.26.